The third-order valence-corrected chi connectivity index (χ3v) is 3.24. The van der Waals surface area contributed by atoms with Crippen LogP contribution < -0.4 is 5.32 Å². The number of ether oxygens (including phenoxy) is 1. The summed E-state index contributed by atoms with van der Waals surface area (Å²) >= 11 is 0. The van der Waals surface area contributed by atoms with Gasteiger partial charge in [0.25, 0.3) is 0 Å². The number of carbonyl (C=O) groups excluding carboxylic acids is 2. The van der Waals surface area contributed by atoms with E-state index in [1.165, 1.54) is 31.4 Å². The maximum atomic E-state index is 12.8. The van der Waals surface area contributed by atoms with Gasteiger partial charge in [-0.3, -0.25) is 9.69 Å². The second-order valence-corrected chi connectivity index (χ2v) is 4.76. The van der Waals surface area contributed by atoms with Crippen molar-refractivity contribution in [1.82, 2.24) is 4.90 Å². The van der Waals surface area contributed by atoms with Crippen LogP contribution in [0.2, 0.25) is 0 Å². The third kappa shape index (κ3) is 4.39. The maximum absolute atomic E-state index is 12.8. The number of esters is 1. The Bertz CT molecular complexity index is 555. The molecule has 0 atom stereocenters. The minimum Gasteiger partial charge on any atom is -0.466 e. The second-order valence-electron chi connectivity index (χ2n) is 4.76. The van der Waals surface area contributed by atoms with E-state index in [1.807, 2.05) is 4.90 Å². The molecule has 1 aliphatic rings. The monoisotopic (exact) mass is 292 g/mol. The summed E-state index contributed by atoms with van der Waals surface area (Å²) in [5, 5.41) is 2.70. The van der Waals surface area contributed by atoms with Crippen molar-refractivity contribution in [3.63, 3.8) is 0 Å². The van der Waals surface area contributed by atoms with Crippen molar-refractivity contribution in [2.45, 2.75) is 6.42 Å². The Morgan fingerprint density at radius 2 is 2.05 bits per heavy atom. The van der Waals surface area contributed by atoms with Crippen LogP contribution in [0.4, 0.5) is 10.1 Å². The zero-order valence-corrected chi connectivity index (χ0v) is 11.8. The first-order valence-corrected chi connectivity index (χ1v) is 6.63. The van der Waals surface area contributed by atoms with E-state index in [0.717, 1.165) is 0 Å². The predicted molar refractivity (Wildman–Crippen MR) is 76.2 cm³/mol. The number of anilines is 1. The zero-order chi connectivity index (χ0) is 15.2. The molecular weight excluding hydrogens is 275 g/mol. The predicted octanol–water partition coefficient (Wildman–Crippen LogP) is 1.57. The van der Waals surface area contributed by atoms with Crippen molar-refractivity contribution in [3.05, 3.63) is 41.7 Å². The van der Waals surface area contributed by atoms with Gasteiger partial charge in [0, 0.05) is 24.4 Å². The number of nitrogens with zero attached hydrogens (tertiary/aromatic N) is 1. The fraction of sp³-hybridized carbons (Fsp3) is 0.333. The molecule has 0 saturated heterocycles. The minimum atomic E-state index is -0.343. The van der Waals surface area contributed by atoms with Crippen LogP contribution in [0.25, 0.3) is 0 Å². The molecule has 0 unspecified atom stereocenters. The molecule has 6 heteroatoms. The first-order chi connectivity index (χ1) is 10.1. The highest BCUT2D eigenvalue weighted by atomic mass is 19.1. The molecule has 21 heavy (non-hydrogen) atoms. The van der Waals surface area contributed by atoms with Gasteiger partial charge >= 0.3 is 5.97 Å². The van der Waals surface area contributed by atoms with E-state index in [-0.39, 0.29) is 24.2 Å². The van der Waals surface area contributed by atoms with Crippen LogP contribution in [0, 0.1) is 5.82 Å². The van der Waals surface area contributed by atoms with E-state index >= 15 is 0 Å². The average molecular weight is 292 g/mol. The highest BCUT2D eigenvalue weighted by Gasteiger charge is 2.18. The van der Waals surface area contributed by atoms with Crippen LogP contribution in [0.3, 0.4) is 0 Å². The molecule has 0 radical (unpaired) electrons. The molecule has 0 saturated carbocycles. The highest BCUT2D eigenvalue weighted by Crippen LogP contribution is 2.12. The van der Waals surface area contributed by atoms with Gasteiger partial charge in [-0.15, -0.1) is 0 Å². The Morgan fingerprint density at radius 1 is 1.33 bits per heavy atom. The second kappa shape index (κ2) is 6.99. The Morgan fingerprint density at radius 3 is 2.62 bits per heavy atom. The van der Waals surface area contributed by atoms with Crippen LogP contribution in [-0.4, -0.2) is 43.5 Å². The fourth-order valence-corrected chi connectivity index (χ4v) is 2.11. The quantitative estimate of drug-likeness (QED) is 0.856. The Labute approximate surface area is 122 Å². The molecule has 1 aromatic carbocycles. The van der Waals surface area contributed by atoms with E-state index in [1.54, 1.807) is 6.08 Å². The highest BCUT2D eigenvalue weighted by molar-refractivity contribution is 5.92. The lowest BCUT2D eigenvalue weighted by atomic mass is 10.1. The largest absolute Gasteiger partial charge is 0.466 e. The maximum Gasteiger partial charge on any atom is 0.333 e. The molecule has 1 heterocycles. The van der Waals surface area contributed by atoms with Gasteiger partial charge in [-0.2, -0.15) is 0 Å². The van der Waals surface area contributed by atoms with Crippen molar-refractivity contribution in [2.75, 3.05) is 32.1 Å². The number of carbonyl (C=O) groups is 2. The number of halogens is 1. The number of rotatable bonds is 4. The Hall–Kier alpha value is -2.21. The molecule has 1 aliphatic heterocycles. The number of methoxy groups -OCH3 is 1. The van der Waals surface area contributed by atoms with Crippen molar-refractivity contribution >= 4 is 17.6 Å². The van der Waals surface area contributed by atoms with Gasteiger partial charge in [0.2, 0.25) is 5.91 Å². The van der Waals surface area contributed by atoms with E-state index in [0.29, 0.717) is 30.8 Å². The number of hydrogen-bond donors (Lipinski definition) is 1. The third-order valence-electron chi connectivity index (χ3n) is 3.24. The molecule has 112 valence electrons. The molecule has 0 fully saturated rings. The SMILES string of the molecule is COC(=O)C1=CCN(CC(=O)Nc2ccc(F)cc2)CC1. The fourth-order valence-electron chi connectivity index (χ4n) is 2.11. The van der Waals surface area contributed by atoms with Crippen LogP contribution in [0.5, 0.6) is 0 Å². The topological polar surface area (TPSA) is 58.6 Å². The molecule has 0 aliphatic carbocycles. The molecule has 5 nitrogen and oxygen atoms in total. The average Bonchev–Trinajstić information content (AvgIpc) is 2.49. The van der Waals surface area contributed by atoms with Gasteiger partial charge in [-0.1, -0.05) is 6.08 Å². The number of nitrogens with one attached hydrogen (secondary N) is 1. The van der Waals surface area contributed by atoms with Crippen LogP contribution in [0.1, 0.15) is 6.42 Å². The summed E-state index contributed by atoms with van der Waals surface area (Å²) in [5.41, 5.74) is 1.21. The Kier molecular flexibility index (Phi) is 5.05. The van der Waals surface area contributed by atoms with Gasteiger partial charge in [0.05, 0.1) is 13.7 Å². The lowest BCUT2D eigenvalue weighted by molar-refractivity contribution is -0.136. The minimum absolute atomic E-state index is 0.170. The number of benzene rings is 1. The number of amides is 1. The molecular formula is C15H17FN2O3. The summed E-state index contributed by atoms with van der Waals surface area (Å²) in [7, 11) is 1.35. The molecule has 1 aromatic rings. The Balaban J connectivity index is 1.83. The molecule has 2 rings (SSSR count). The van der Waals surface area contributed by atoms with E-state index in [9.17, 15) is 14.0 Å². The van der Waals surface area contributed by atoms with Gasteiger partial charge in [-0.25, -0.2) is 9.18 Å². The molecule has 0 aromatic heterocycles. The summed E-state index contributed by atoms with van der Waals surface area (Å²) in [4.78, 5) is 25.1. The van der Waals surface area contributed by atoms with Gasteiger partial charge in [0.1, 0.15) is 5.82 Å². The summed E-state index contributed by atoms with van der Waals surface area (Å²) in [5.74, 6) is -0.827. The summed E-state index contributed by atoms with van der Waals surface area (Å²) in [6.45, 7) is 1.38. The molecule has 0 spiro atoms. The summed E-state index contributed by atoms with van der Waals surface area (Å²) in [6.07, 6.45) is 2.34. The van der Waals surface area contributed by atoms with E-state index < -0.39 is 0 Å². The van der Waals surface area contributed by atoms with Gasteiger partial charge in [-0.05, 0) is 30.7 Å². The summed E-state index contributed by atoms with van der Waals surface area (Å²) < 4.78 is 17.4. The van der Waals surface area contributed by atoms with Crippen molar-refractivity contribution in [2.24, 2.45) is 0 Å². The normalized spacial score (nSPS) is 15.2. The smallest absolute Gasteiger partial charge is 0.333 e. The first-order valence-electron chi connectivity index (χ1n) is 6.63. The van der Waals surface area contributed by atoms with Crippen LogP contribution >= 0.6 is 0 Å². The summed E-state index contributed by atoms with van der Waals surface area (Å²) in [6, 6.07) is 5.61. The van der Waals surface area contributed by atoms with Crippen LogP contribution in [0.15, 0.2) is 35.9 Å². The van der Waals surface area contributed by atoms with Crippen molar-refractivity contribution < 1.29 is 18.7 Å². The van der Waals surface area contributed by atoms with Crippen molar-refractivity contribution in [3.8, 4) is 0 Å². The lowest BCUT2D eigenvalue weighted by Crippen LogP contribution is -2.37. The standard InChI is InChI=1S/C15H17FN2O3/c1-21-15(20)11-6-8-18(9-7-11)10-14(19)17-13-4-2-12(16)3-5-13/h2-6H,7-10H2,1H3,(H,17,19). The first kappa shape index (κ1) is 15.2. The van der Waals surface area contributed by atoms with Crippen molar-refractivity contribution in [1.29, 1.82) is 0 Å². The zero-order valence-electron chi connectivity index (χ0n) is 11.8. The molecule has 0 bridgehead atoms. The molecule has 1 N–H and O–H groups in total. The van der Waals surface area contributed by atoms with Gasteiger partial charge < -0.3 is 10.1 Å². The van der Waals surface area contributed by atoms with E-state index in [2.05, 4.69) is 10.1 Å². The lowest BCUT2D eigenvalue weighted by Gasteiger charge is -2.24. The van der Waals surface area contributed by atoms with Gasteiger partial charge in [0.15, 0.2) is 0 Å². The van der Waals surface area contributed by atoms with Crippen LogP contribution in [-0.2, 0) is 14.3 Å². The molecule has 1 amide bonds. The number of hydrogen-bond acceptors (Lipinski definition) is 4. The van der Waals surface area contributed by atoms with E-state index in [4.69, 9.17) is 0 Å².